The maximum Gasteiger partial charge on any atom is 0.218 e. The van der Waals surface area contributed by atoms with E-state index in [0.29, 0.717) is 0 Å². The molecule has 0 aliphatic carbocycles. The van der Waals surface area contributed by atoms with Crippen LogP contribution in [-0.4, -0.2) is 342 Å². The number of rotatable bonds is 15. The number of hydrogen-bond acceptors (Lipinski definition) is 39. The summed E-state index contributed by atoms with van der Waals surface area (Å²) in [6.07, 6.45) is -61.0. The lowest BCUT2D eigenvalue weighted by atomic mass is 9.98. The molecule has 39 heteroatoms. The van der Waals surface area contributed by atoms with E-state index in [0.717, 1.165) is 0 Å². The molecule has 0 saturated carbocycles. The molecule has 0 amide bonds. The van der Waals surface area contributed by atoms with Gasteiger partial charge in [0, 0.05) is 58.7 Å². The minimum atomic E-state index is -2.86. The smallest absolute Gasteiger partial charge is 0.218 e. The van der Waals surface area contributed by atoms with Crippen LogP contribution in [0.4, 0.5) is 0 Å². The van der Waals surface area contributed by atoms with Crippen LogP contribution in [0.2, 0.25) is 0 Å². The number of hydrogen-bond donors (Lipinski definition) is 29. The maximum absolute atomic E-state index is 11.3. The van der Waals surface area contributed by atoms with E-state index in [2.05, 4.69) is 0 Å². The fourth-order valence-electron chi connectivity index (χ4n) is 8.93. The third-order valence-corrected chi connectivity index (χ3v) is 14.0. The van der Waals surface area contributed by atoms with Crippen LogP contribution in [0.25, 0.3) is 0 Å². The average molecular weight is 1330 g/mol. The van der Waals surface area contributed by atoms with E-state index in [1.165, 1.54) is 0 Å². The summed E-state index contributed by atoms with van der Waals surface area (Å²) >= 11 is 0. The monoisotopic (exact) mass is 1320 g/mol. The van der Waals surface area contributed by atoms with Crippen molar-refractivity contribution in [2.75, 3.05) is 46.2 Å². The van der Waals surface area contributed by atoms with Gasteiger partial charge in [-0.2, -0.15) is 0 Å². The van der Waals surface area contributed by atoms with Gasteiger partial charge in [0.25, 0.3) is 0 Å². The first-order valence-electron chi connectivity index (χ1n) is 27.9. The van der Waals surface area contributed by atoms with Crippen LogP contribution in [0.5, 0.6) is 0 Å². The van der Waals surface area contributed by atoms with Gasteiger partial charge in [-0.15, -0.1) is 0 Å². The van der Waals surface area contributed by atoms with E-state index < -0.39 is 290 Å². The average Bonchev–Trinajstić information content (AvgIpc) is 1.01. The summed E-state index contributed by atoms with van der Waals surface area (Å²) in [5.74, 6) is -15.8. The summed E-state index contributed by atoms with van der Waals surface area (Å²) in [5, 5.41) is 312. The van der Waals surface area contributed by atoms with E-state index >= 15 is 0 Å². The molecule has 29 N–H and O–H groups in total. The molecular weight excluding hydrogens is 1240 g/mol. The van der Waals surface area contributed by atoms with Crippen LogP contribution < -0.4 is 0 Å². The van der Waals surface area contributed by atoms with Gasteiger partial charge in [0.1, 0.15) is 91.6 Å². The fraction of sp³-hybridized carbons (Fsp3) is 0.804. The van der Waals surface area contributed by atoms with E-state index in [4.69, 9.17) is 47.4 Å². The molecule has 90 heavy (non-hydrogen) atoms. The number of ether oxygens (including phenoxy) is 10. The normalized spacial score (nSPS) is 42.6. The summed E-state index contributed by atoms with van der Waals surface area (Å²) in [6.45, 7) is -3.89. The zero-order chi connectivity index (χ0) is 68.2. The Balaban J connectivity index is 2.21. The molecule has 5 aliphatic rings. The standard InChI is InChI=1S/C51H88O39/c1-17(2)3-4-18-26(59)34(67)45(76)82-19(5-10-52)27(60)35(68)46(77)83-20(6-11-53)28(61)38(71)48(79)89-43-25(16-58)88-51(41(74)33(43)66)86-23(9-14-56)31(64)37(70)47(78)84-21(7-12-54)29(62)39(72)49(80)90-42-24(15-57)87-50(40(73)32(42)65)85-22(8-13-55)30(63)36(69)44(75)81-18/h17-25,30,32-33,36,40-80H,3-16H2,1-2H3/b34-26-,35-27-,37-31-,38-28-,39-29-. The lowest BCUT2D eigenvalue weighted by Crippen LogP contribution is -2.62. The van der Waals surface area contributed by atoms with E-state index in [9.17, 15) is 148 Å². The summed E-state index contributed by atoms with van der Waals surface area (Å²) in [7, 11) is 0. The molecule has 4 bridgehead atoms. The van der Waals surface area contributed by atoms with Crippen LogP contribution in [0.15, 0.2) is 57.6 Å². The van der Waals surface area contributed by atoms with Gasteiger partial charge in [-0.25, -0.2) is 0 Å². The highest BCUT2D eigenvalue weighted by Gasteiger charge is 2.51. The van der Waals surface area contributed by atoms with Crippen molar-refractivity contribution in [3.8, 4) is 0 Å². The Hall–Kier alpha value is -4.46. The maximum atomic E-state index is 11.3. The van der Waals surface area contributed by atoms with Crippen molar-refractivity contribution in [1.82, 2.24) is 0 Å². The summed E-state index contributed by atoms with van der Waals surface area (Å²) in [6, 6.07) is 0. The Kier molecular flexibility index (Phi) is 33.7. The highest BCUT2D eigenvalue weighted by molar-refractivity contribution is 5.14. The molecule has 0 aromatic carbocycles. The molecule has 5 aliphatic heterocycles. The Morgan fingerprint density at radius 1 is 0.278 bits per heavy atom. The van der Waals surface area contributed by atoms with Gasteiger partial charge in [0.05, 0.1) is 19.3 Å². The second-order valence-electron chi connectivity index (χ2n) is 20.9. The van der Waals surface area contributed by atoms with Crippen molar-refractivity contribution in [3.05, 3.63) is 57.6 Å². The van der Waals surface area contributed by atoms with Gasteiger partial charge < -0.3 is 195 Å². The number of aliphatic hydroxyl groups is 29. The molecule has 0 aromatic heterocycles. The Bertz CT molecular complexity index is 2280. The minimum Gasteiger partial charge on any atom is -0.506 e. The van der Waals surface area contributed by atoms with E-state index in [1.54, 1.807) is 13.8 Å². The predicted molar refractivity (Wildman–Crippen MR) is 287 cm³/mol. The SMILES string of the molecule is CC(C)CCC1OC(O)C(O)C(O)C(CCO)OC2OC(CO)C(OC(O)/C(O)=C(/O)C(CCO)OC(O)/C(O)=C(/O)C(CCO)OC3OC(CO)C(OC(O)/C(O)=C(/O)C(CCO)OC(O)/C(O)=C(/O)C(CCO)OC(O)/C(O)=C\1O)C(O)C3O)C(O)C2O. The van der Waals surface area contributed by atoms with Gasteiger partial charge >= 0.3 is 0 Å². The topological polar surface area (TPSA) is 679 Å². The summed E-state index contributed by atoms with van der Waals surface area (Å²) in [4.78, 5) is 0. The fourth-order valence-corrected chi connectivity index (χ4v) is 8.93. The highest BCUT2D eigenvalue weighted by Crippen LogP contribution is 2.33. The second-order valence-corrected chi connectivity index (χ2v) is 20.9. The molecular formula is C51H88O39. The van der Waals surface area contributed by atoms with Crippen LogP contribution in [0.3, 0.4) is 0 Å². The molecule has 5 rings (SSSR count). The first-order valence-corrected chi connectivity index (χ1v) is 27.9. The quantitative estimate of drug-likeness (QED) is 0.0724. The second kappa shape index (κ2) is 38.0. The predicted octanol–water partition coefficient (Wildman–Crippen LogP) is -7.42. The first kappa shape index (κ1) is 79.8. The number of aliphatic hydroxyl groups excluding tert-OH is 29. The zero-order valence-electron chi connectivity index (χ0n) is 48.4. The van der Waals surface area contributed by atoms with Crippen molar-refractivity contribution >= 4 is 0 Å². The van der Waals surface area contributed by atoms with Gasteiger partial charge in [-0.3, -0.25) is 0 Å². The Morgan fingerprint density at radius 3 is 0.856 bits per heavy atom. The van der Waals surface area contributed by atoms with Gasteiger partial charge in [-0.1, -0.05) is 13.8 Å². The zero-order valence-corrected chi connectivity index (χ0v) is 48.4. The van der Waals surface area contributed by atoms with Gasteiger partial charge in [-0.05, 0) is 25.2 Å². The molecule has 526 valence electrons. The molecule has 2 saturated heterocycles. The molecule has 0 spiro atoms. The lowest BCUT2D eigenvalue weighted by molar-refractivity contribution is -0.338. The van der Waals surface area contributed by atoms with Crippen LogP contribution in [-0.2, 0) is 47.4 Å². The van der Waals surface area contributed by atoms with Crippen molar-refractivity contribution in [2.45, 2.75) is 207 Å². The van der Waals surface area contributed by atoms with Crippen molar-refractivity contribution in [2.24, 2.45) is 5.92 Å². The molecule has 24 unspecified atom stereocenters. The van der Waals surface area contributed by atoms with Crippen molar-refractivity contribution in [1.29, 1.82) is 0 Å². The number of fused-ring (bicyclic) bond motifs is 2. The molecule has 0 radical (unpaired) electrons. The first-order chi connectivity index (χ1) is 42.3. The lowest BCUT2D eigenvalue weighted by Gasteiger charge is -2.43. The van der Waals surface area contributed by atoms with Gasteiger partial charge in [0.15, 0.2) is 76.5 Å². The summed E-state index contributed by atoms with van der Waals surface area (Å²) < 4.78 is 53.1. The van der Waals surface area contributed by atoms with Crippen molar-refractivity contribution < 1.29 is 195 Å². The molecule has 0 aromatic rings. The minimum absolute atomic E-state index is 0.0632. The molecule has 2 fully saturated rings. The van der Waals surface area contributed by atoms with Crippen LogP contribution in [0.1, 0.15) is 58.8 Å². The van der Waals surface area contributed by atoms with E-state index in [-0.39, 0.29) is 12.3 Å². The van der Waals surface area contributed by atoms with Crippen LogP contribution in [0, 0.1) is 5.92 Å². The van der Waals surface area contributed by atoms with Gasteiger partial charge in [0.2, 0.25) is 31.5 Å². The summed E-state index contributed by atoms with van der Waals surface area (Å²) in [5.41, 5.74) is 0. The molecule has 5 heterocycles. The van der Waals surface area contributed by atoms with Crippen molar-refractivity contribution in [3.63, 3.8) is 0 Å². The highest BCUT2D eigenvalue weighted by atomic mass is 16.7. The van der Waals surface area contributed by atoms with Crippen LogP contribution >= 0.6 is 0 Å². The largest absolute Gasteiger partial charge is 0.506 e. The Labute approximate surface area is 511 Å². The third kappa shape index (κ3) is 21.3. The Morgan fingerprint density at radius 2 is 0.556 bits per heavy atom. The molecule has 39 nitrogen and oxygen atoms in total. The van der Waals surface area contributed by atoms with E-state index in [1.807, 2.05) is 0 Å². The third-order valence-electron chi connectivity index (χ3n) is 14.0. The molecule has 24 atom stereocenters.